The van der Waals surface area contributed by atoms with Gasteiger partial charge < -0.3 is 0 Å². The van der Waals surface area contributed by atoms with Crippen molar-refractivity contribution in [2.45, 2.75) is 25.7 Å². The highest BCUT2D eigenvalue weighted by Crippen LogP contribution is 2.19. The maximum atomic E-state index is 12.0. The molecule has 0 aliphatic carbocycles. The van der Waals surface area contributed by atoms with Crippen molar-refractivity contribution in [3.05, 3.63) is 40.8 Å². The number of sulfone groups is 1. The molecule has 1 aromatic rings. The summed E-state index contributed by atoms with van der Waals surface area (Å²) in [7, 11) is -3.51. The number of allylic oxidation sites excluding steroid dienone is 2. The standard InChI is InChI=1S/C12H14O3S/c1-9-4-6-12(7-5-9)16(14,15)11(3)8-10(2)13/h4-8H,1-3H3. The van der Waals surface area contributed by atoms with Gasteiger partial charge in [0.15, 0.2) is 5.78 Å². The van der Waals surface area contributed by atoms with E-state index in [9.17, 15) is 13.2 Å². The number of aryl methyl sites for hydroxylation is 1. The van der Waals surface area contributed by atoms with E-state index in [0.717, 1.165) is 11.6 Å². The van der Waals surface area contributed by atoms with Crippen molar-refractivity contribution in [2.24, 2.45) is 0 Å². The Hall–Kier alpha value is -1.42. The molecule has 0 bridgehead atoms. The number of ketones is 1. The number of carbonyl (C=O) groups excluding carboxylic acids is 1. The summed E-state index contributed by atoms with van der Waals surface area (Å²) in [6.45, 7) is 4.64. The Morgan fingerprint density at radius 2 is 1.62 bits per heavy atom. The van der Waals surface area contributed by atoms with Crippen LogP contribution in [0.3, 0.4) is 0 Å². The minimum Gasteiger partial charge on any atom is -0.295 e. The van der Waals surface area contributed by atoms with Gasteiger partial charge in [-0.15, -0.1) is 0 Å². The van der Waals surface area contributed by atoms with Crippen LogP contribution in [0.4, 0.5) is 0 Å². The lowest BCUT2D eigenvalue weighted by atomic mass is 10.2. The third-order valence-corrected chi connectivity index (χ3v) is 4.02. The smallest absolute Gasteiger partial charge is 0.202 e. The third-order valence-electron chi connectivity index (χ3n) is 2.16. The van der Waals surface area contributed by atoms with Crippen molar-refractivity contribution in [3.8, 4) is 0 Å². The van der Waals surface area contributed by atoms with Crippen LogP contribution in [0.5, 0.6) is 0 Å². The monoisotopic (exact) mass is 238 g/mol. The van der Waals surface area contributed by atoms with Crippen molar-refractivity contribution in [1.29, 1.82) is 0 Å². The molecule has 0 aromatic heterocycles. The fourth-order valence-corrected chi connectivity index (χ4v) is 2.45. The number of rotatable bonds is 3. The number of hydrogen-bond acceptors (Lipinski definition) is 3. The van der Waals surface area contributed by atoms with Crippen LogP contribution >= 0.6 is 0 Å². The van der Waals surface area contributed by atoms with Crippen LogP contribution in [-0.4, -0.2) is 14.2 Å². The molecular formula is C12H14O3S. The Labute approximate surface area is 95.7 Å². The van der Waals surface area contributed by atoms with Crippen LogP contribution in [0.15, 0.2) is 40.1 Å². The topological polar surface area (TPSA) is 51.2 Å². The normalized spacial score (nSPS) is 12.6. The molecule has 0 atom stereocenters. The highest BCUT2D eigenvalue weighted by molar-refractivity contribution is 7.95. The fourth-order valence-electron chi connectivity index (χ4n) is 1.27. The fraction of sp³-hybridized carbons (Fsp3) is 0.250. The van der Waals surface area contributed by atoms with E-state index >= 15 is 0 Å². The summed E-state index contributed by atoms with van der Waals surface area (Å²) in [5.74, 6) is -0.270. The molecule has 0 saturated heterocycles. The van der Waals surface area contributed by atoms with E-state index in [1.807, 2.05) is 6.92 Å². The van der Waals surface area contributed by atoms with Crippen molar-refractivity contribution >= 4 is 15.6 Å². The van der Waals surface area contributed by atoms with Gasteiger partial charge in [0.1, 0.15) is 0 Å². The maximum absolute atomic E-state index is 12.0. The molecule has 0 unspecified atom stereocenters. The van der Waals surface area contributed by atoms with Crippen molar-refractivity contribution in [3.63, 3.8) is 0 Å². The first-order chi connectivity index (χ1) is 7.34. The van der Waals surface area contributed by atoms with Crippen molar-refractivity contribution in [1.82, 2.24) is 0 Å². The summed E-state index contributed by atoms with van der Waals surface area (Å²) in [6.07, 6.45) is 1.13. The van der Waals surface area contributed by atoms with Gasteiger partial charge >= 0.3 is 0 Å². The molecule has 0 heterocycles. The van der Waals surface area contributed by atoms with Gasteiger partial charge in [-0.3, -0.25) is 4.79 Å². The van der Waals surface area contributed by atoms with E-state index in [1.165, 1.54) is 13.8 Å². The molecule has 3 nitrogen and oxygen atoms in total. The summed E-state index contributed by atoms with van der Waals surface area (Å²) in [6, 6.07) is 6.55. The van der Waals surface area contributed by atoms with Gasteiger partial charge in [-0.25, -0.2) is 8.42 Å². The second-order valence-corrected chi connectivity index (χ2v) is 5.80. The Bertz CT molecular complexity index is 522. The van der Waals surface area contributed by atoms with Crippen molar-refractivity contribution < 1.29 is 13.2 Å². The van der Waals surface area contributed by atoms with Gasteiger partial charge in [-0.1, -0.05) is 17.7 Å². The Kier molecular flexibility index (Phi) is 3.65. The molecule has 1 rings (SSSR count). The van der Waals surface area contributed by atoms with Crippen LogP contribution < -0.4 is 0 Å². The quantitative estimate of drug-likeness (QED) is 0.759. The summed E-state index contributed by atoms with van der Waals surface area (Å²) in [5.41, 5.74) is 0.993. The Morgan fingerprint density at radius 1 is 1.12 bits per heavy atom. The first-order valence-electron chi connectivity index (χ1n) is 4.84. The summed E-state index contributed by atoms with van der Waals surface area (Å²) < 4.78 is 23.9. The second-order valence-electron chi connectivity index (χ2n) is 3.68. The molecule has 0 radical (unpaired) electrons. The summed E-state index contributed by atoms with van der Waals surface area (Å²) >= 11 is 0. The van der Waals surface area contributed by atoms with E-state index in [4.69, 9.17) is 0 Å². The SMILES string of the molecule is CC(=O)C=C(C)S(=O)(=O)c1ccc(C)cc1. The van der Waals surface area contributed by atoms with Gasteiger partial charge in [-0.05, 0) is 39.0 Å². The molecule has 0 aliphatic rings. The molecule has 1 aromatic carbocycles. The lowest BCUT2D eigenvalue weighted by Gasteiger charge is -2.04. The molecule has 0 N–H and O–H groups in total. The zero-order chi connectivity index (χ0) is 12.3. The van der Waals surface area contributed by atoms with E-state index < -0.39 is 9.84 Å². The number of carbonyl (C=O) groups is 1. The lowest BCUT2D eigenvalue weighted by molar-refractivity contribution is -0.112. The zero-order valence-electron chi connectivity index (χ0n) is 9.52. The second kappa shape index (κ2) is 4.61. The molecule has 16 heavy (non-hydrogen) atoms. The molecule has 0 fully saturated rings. The Balaban J connectivity index is 3.22. The van der Waals surface area contributed by atoms with Gasteiger partial charge in [0.2, 0.25) is 9.84 Å². The molecule has 0 saturated carbocycles. The third kappa shape index (κ3) is 2.79. The van der Waals surface area contributed by atoms with Crippen LogP contribution in [-0.2, 0) is 14.6 Å². The minimum atomic E-state index is -3.51. The highest BCUT2D eigenvalue weighted by atomic mass is 32.2. The predicted molar refractivity (Wildman–Crippen MR) is 62.8 cm³/mol. The molecule has 0 spiro atoms. The van der Waals surface area contributed by atoms with E-state index in [2.05, 4.69) is 0 Å². The number of benzene rings is 1. The van der Waals surface area contributed by atoms with Crippen LogP contribution in [0.2, 0.25) is 0 Å². The van der Waals surface area contributed by atoms with Gasteiger partial charge in [0.05, 0.1) is 4.90 Å². The molecule has 86 valence electrons. The first kappa shape index (κ1) is 12.6. The Morgan fingerprint density at radius 3 is 2.06 bits per heavy atom. The van der Waals surface area contributed by atoms with Crippen LogP contribution in [0.1, 0.15) is 19.4 Å². The zero-order valence-corrected chi connectivity index (χ0v) is 10.3. The van der Waals surface area contributed by atoms with Gasteiger partial charge in [0, 0.05) is 4.91 Å². The largest absolute Gasteiger partial charge is 0.295 e. The van der Waals surface area contributed by atoms with E-state index in [1.54, 1.807) is 24.3 Å². The summed E-state index contributed by atoms with van der Waals surface area (Å²) in [5, 5.41) is 0. The molecule has 0 aliphatic heterocycles. The highest BCUT2D eigenvalue weighted by Gasteiger charge is 2.16. The van der Waals surface area contributed by atoms with Gasteiger partial charge in [0.25, 0.3) is 0 Å². The average Bonchev–Trinajstić information content (AvgIpc) is 2.17. The predicted octanol–water partition coefficient (Wildman–Crippen LogP) is 2.26. The van der Waals surface area contributed by atoms with Crippen LogP contribution in [0.25, 0.3) is 0 Å². The molecule has 4 heteroatoms. The van der Waals surface area contributed by atoms with E-state index in [-0.39, 0.29) is 15.6 Å². The lowest BCUT2D eigenvalue weighted by Crippen LogP contribution is -2.03. The van der Waals surface area contributed by atoms with Gasteiger partial charge in [-0.2, -0.15) is 0 Å². The molecular weight excluding hydrogens is 224 g/mol. The summed E-state index contributed by atoms with van der Waals surface area (Å²) in [4.78, 5) is 11.1. The van der Waals surface area contributed by atoms with Crippen molar-refractivity contribution in [2.75, 3.05) is 0 Å². The van der Waals surface area contributed by atoms with E-state index in [0.29, 0.717) is 0 Å². The average molecular weight is 238 g/mol. The minimum absolute atomic E-state index is 0.0730. The molecule has 0 amide bonds. The van der Waals surface area contributed by atoms with Crippen LogP contribution in [0, 0.1) is 6.92 Å². The first-order valence-corrected chi connectivity index (χ1v) is 6.33. The number of hydrogen-bond donors (Lipinski definition) is 0. The maximum Gasteiger partial charge on any atom is 0.202 e.